The number of benzene rings is 9. The summed E-state index contributed by atoms with van der Waals surface area (Å²) in [6.07, 6.45) is 3.26. The molecule has 0 spiro atoms. The Kier molecular flexibility index (Phi) is 13.1. The zero-order chi connectivity index (χ0) is 48.5. The van der Waals surface area contributed by atoms with Crippen LogP contribution in [0, 0.1) is 19.1 Å². The number of hydrogen-bond donors (Lipinski definition) is 0. The van der Waals surface area contributed by atoms with Gasteiger partial charge in [-0.3, -0.25) is 4.68 Å². The van der Waals surface area contributed by atoms with Crippen molar-refractivity contribution in [3.8, 4) is 89.8 Å². The monoisotopic (exact) mass is 1120 g/mol. The average Bonchev–Trinajstić information content (AvgIpc) is 3.99. The summed E-state index contributed by atoms with van der Waals surface area (Å²) in [5.74, 6) is 1.99. The van der Waals surface area contributed by atoms with E-state index in [-0.39, 0.29) is 21.1 Å². The average molecular weight is 1120 g/mol. The molecule has 9 aromatic carbocycles. The minimum atomic E-state index is 0. The molecule has 0 aliphatic carbocycles. The Morgan fingerprint density at radius 3 is 1.45 bits per heavy atom. The SMILES string of the molecule is CCc1nn(-c2[c-]c(Oc3[c-]c4c(cc3)c3ccccc3n4-c3cc(C)ccn3)ccc2)c(CC)c1-c1c(-c2ccccc2)c(-c2ccccc2)c(-c2ccccc2)c(-c2ccccc2)c1-c1ccccc1.[Pt+2]. The van der Waals surface area contributed by atoms with Gasteiger partial charge in [-0.15, -0.1) is 35.7 Å². The Labute approximate surface area is 441 Å². The third-order valence-electron chi connectivity index (χ3n) is 13.7. The number of ether oxygens (including phenoxy) is 1. The third-order valence-corrected chi connectivity index (χ3v) is 13.7. The molecule has 0 saturated heterocycles. The van der Waals surface area contributed by atoms with E-state index in [0.29, 0.717) is 24.3 Å². The molecule has 0 fully saturated rings. The Bertz CT molecular complexity index is 3800. The first kappa shape index (κ1) is 47.0. The van der Waals surface area contributed by atoms with E-state index in [1.807, 2.05) is 30.5 Å². The molecule has 3 heterocycles. The normalized spacial score (nSPS) is 11.2. The molecule has 0 aliphatic rings. The van der Waals surface area contributed by atoms with Gasteiger partial charge in [-0.2, -0.15) is 17.2 Å². The van der Waals surface area contributed by atoms with E-state index in [4.69, 9.17) is 14.8 Å². The zero-order valence-electron chi connectivity index (χ0n) is 40.8. The van der Waals surface area contributed by atoms with Crippen molar-refractivity contribution >= 4 is 21.8 Å². The molecule has 0 N–H and O–H groups in total. The molecule has 0 saturated carbocycles. The van der Waals surface area contributed by atoms with Gasteiger partial charge in [-0.1, -0.05) is 189 Å². The standard InChI is InChI=1S/C67H50N4O.Pt/c1-4-56-66(57(5-2)71(69-56)51-34-23-35-52(43-51)72-53-38-39-55-54-36-21-22-37-58(54)70(59(55)44-53)60-42-45(3)40-41-68-60)67-64(49-30-17-9-18-31-49)62(47-26-13-7-14-27-47)61(46-24-11-6-12-25-46)63(48-28-15-8-16-29-48)65(67)50-32-19-10-20-33-50;/h6-42H,4-5H2,1-3H3;/q-2;+2. The van der Waals surface area contributed by atoms with Crippen LogP contribution in [-0.2, 0) is 33.9 Å². The predicted octanol–water partition coefficient (Wildman–Crippen LogP) is 17.2. The van der Waals surface area contributed by atoms with E-state index in [2.05, 4.69) is 236 Å². The summed E-state index contributed by atoms with van der Waals surface area (Å²) in [4.78, 5) is 4.79. The Hall–Kier alpha value is -8.37. The second kappa shape index (κ2) is 20.4. The second-order valence-electron chi connectivity index (χ2n) is 18.1. The number of aromatic nitrogens is 4. The van der Waals surface area contributed by atoms with Crippen LogP contribution in [0.15, 0.2) is 225 Å². The molecular formula is C67H50N4OPt. The van der Waals surface area contributed by atoms with Crippen LogP contribution >= 0.6 is 0 Å². The molecule has 73 heavy (non-hydrogen) atoms. The molecule has 0 amide bonds. The maximum Gasteiger partial charge on any atom is 2.00 e. The smallest absolute Gasteiger partial charge is 0.509 e. The van der Waals surface area contributed by atoms with Crippen LogP contribution in [-0.4, -0.2) is 19.3 Å². The molecule has 12 aromatic rings. The van der Waals surface area contributed by atoms with Crippen LogP contribution in [0.25, 0.3) is 100 Å². The summed E-state index contributed by atoms with van der Waals surface area (Å²) in [6.45, 7) is 6.55. The quantitative estimate of drug-likeness (QED) is 0.115. The fourth-order valence-electron chi connectivity index (χ4n) is 10.6. The minimum absolute atomic E-state index is 0. The summed E-state index contributed by atoms with van der Waals surface area (Å²) in [5, 5.41) is 7.79. The number of aryl methyl sites for hydroxylation is 2. The van der Waals surface area contributed by atoms with Gasteiger partial charge in [0, 0.05) is 40.0 Å². The van der Waals surface area contributed by atoms with Gasteiger partial charge < -0.3 is 9.30 Å². The molecule has 0 bridgehead atoms. The molecule has 3 aromatic heterocycles. The maximum atomic E-state index is 6.73. The number of fused-ring (bicyclic) bond motifs is 3. The van der Waals surface area contributed by atoms with Crippen molar-refractivity contribution in [3.05, 3.63) is 254 Å². The molecule has 6 heteroatoms. The maximum absolute atomic E-state index is 6.73. The van der Waals surface area contributed by atoms with E-state index in [1.54, 1.807) is 0 Å². The number of nitrogens with zero attached hydrogens (tertiary/aromatic N) is 4. The van der Waals surface area contributed by atoms with E-state index in [0.717, 1.165) is 100 Å². The van der Waals surface area contributed by atoms with Crippen molar-refractivity contribution in [1.82, 2.24) is 19.3 Å². The van der Waals surface area contributed by atoms with Crippen LogP contribution in [0.1, 0.15) is 30.8 Å². The molecule has 0 radical (unpaired) electrons. The summed E-state index contributed by atoms with van der Waals surface area (Å²) >= 11 is 0. The van der Waals surface area contributed by atoms with Crippen LogP contribution < -0.4 is 4.74 Å². The van der Waals surface area contributed by atoms with Gasteiger partial charge in [-0.05, 0) is 110 Å². The number of rotatable bonds is 12. The van der Waals surface area contributed by atoms with Crippen molar-refractivity contribution in [1.29, 1.82) is 0 Å². The van der Waals surface area contributed by atoms with Crippen molar-refractivity contribution in [2.24, 2.45) is 0 Å². The van der Waals surface area contributed by atoms with E-state index < -0.39 is 0 Å². The number of hydrogen-bond acceptors (Lipinski definition) is 3. The molecule has 0 unspecified atom stereocenters. The molecule has 12 rings (SSSR count). The van der Waals surface area contributed by atoms with Crippen LogP contribution in [0.2, 0.25) is 0 Å². The first-order chi connectivity index (χ1) is 35.6. The van der Waals surface area contributed by atoms with Crippen LogP contribution in [0.4, 0.5) is 0 Å². The second-order valence-corrected chi connectivity index (χ2v) is 18.1. The summed E-state index contributed by atoms with van der Waals surface area (Å²) < 4.78 is 11.0. The summed E-state index contributed by atoms with van der Waals surface area (Å²) in [6, 6.07) is 84.7. The zero-order valence-corrected chi connectivity index (χ0v) is 43.1. The first-order valence-corrected chi connectivity index (χ1v) is 24.8. The fraction of sp³-hybridized carbons (Fsp3) is 0.0746. The minimum Gasteiger partial charge on any atom is -0.509 e. The van der Waals surface area contributed by atoms with Gasteiger partial charge in [0.25, 0.3) is 0 Å². The van der Waals surface area contributed by atoms with E-state index in [1.165, 1.54) is 16.7 Å². The fourth-order valence-corrected chi connectivity index (χ4v) is 10.6. The van der Waals surface area contributed by atoms with E-state index >= 15 is 0 Å². The summed E-state index contributed by atoms with van der Waals surface area (Å²) in [5.41, 5.74) is 19.8. The Balaban J connectivity index is 0.00000574. The number of para-hydroxylation sites is 1. The molecule has 354 valence electrons. The molecule has 5 nitrogen and oxygen atoms in total. The number of pyridine rings is 1. The first-order valence-electron chi connectivity index (χ1n) is 24.8. The van der Waals surface area contributed by atoms with Gasteiger partial charge in [0.2, 0.25) is 0 Å². The van der Waals surface area contributed by atoms with Crippen molar-refractivity contribution in [3.63, 3.8) is 0 Å². The van der Waals surface area contributed by atoms with E-state index in [9.17, 15) is 0 Å². The van der Waals surface area contributed by atoms with Crippen molar-refractivity contribution < 1.29 is 25.8 Å². The van der Waals surface area contributed by atoms with Crippen molar-refractivity contribution in [2.75, 3.05) is 0 Å². The van der Waals surface area contributed by atoms with Crippen LogP contribution in [0.5, 0.6) is 11.5 Å². The molecule has 0 atom stereocenters. The third kappa shape index (κ3) is 8.60. The van der Waals surface area contributed by atoms with Gasteiger partial charge in [-0.25, -0.2) is 4.98 Å². The van der Waals surface area contributed by atoms with Crippen molar-refractivity contribution in [2.45, 2.75) is 33.6 Å². The Morgan fingerprint density at radius 2 is 0.945 bits per heavy atom. The topological polar surface area (TPSA) is 44.9 Å². The van der Waals surface area contributed by atoms with Crippen LogP contribution in [0.3, 0.4) is 0 Å². The van der Waals surface area contributed by atoms with Gasteiger partial charge >= 0.3 is 21.1 Å². The molecule has 0 aliphatic heterocycles. The van der Waals surface area contributed by atoms with Gasteiger partial charge in [0.15, 0.2) is 0 Å². The predicted molar refractivity (Wildman–Crippen MR) is 296 cm³/mol. The molecular weight excluding hydrogens is 1070 g/mol. The van der Waals surface area contributed by atoms with Gasteiger partial charge in [0.05, 0.1) is 5.69 Å². The summed E-state index contributed by atoms with van der Waals surface area (Å²) in [7, 11) is 0. The Morgan fingerprint density at radius 1 is 0.452 bits per heavy atom. The van der Waals surface area contributed by atoms with Gasteiger partial charge in [0.1, 0.15) is 5.82 Å². The largest absolute Gasteiger partial charge is 2.00 e.